The van der Waals surface area contributed by atoms with Gasteiger partial charge in [-0.2, -0.15) is 5.10 Å². The summed E-state index contributed by atoms with van der Waals surface area (Å²) in [6.45, 7) is 3.98. The molecule has 0 spiro atoms. The third-order valence-electron chi connectivity index (χ3n) is 2.50. The molecule has 0 radical (unpaired) electrons. The summed E-state index contributed by atoms with van der Waals surface area (Å²) in [6.07, 6.45) is 5.60. The van der Waals surface area contributed by atoms with E-state index in [1.165, 1.54) is 0 Å². The minimum Gasteiger partial charge on any atom is -0.326 e. The summed E-state index contributed by atoms with van der Waals surface area (Å²) in [4.78, 5) is 4.35. The molecule has 0 aliphatic heterocycles. The third-order valence-corrected chi connectivity index (χ3v) is 2.50. The fourth-order valence-corrected chi connectivity index (χ4v) is 1.78. The Kier molecular flexibility index (Phi) is 3.01. The minimum absolute atomic E-state index is 0.00472. The molecule has 4 nitrogen and oxygen atoms in total. The van der Waals surface area contributed by atoms with Crippen molar-refractivity contribution in [2.75, 3.05) is 0 Å². The number of aromatic nitrogens is 3. The van der Waals surface area contributed by atoms with E-state index in [0.29, 0.717) is 0 Å². The van der Waals surface area contributed by atoms with Crippen LogP contribution in [0.5, 0.6) is 0 Å². The van der Waals surface area contributed by atoms with Crippen molar-refractivity contribution in [3.8, 4) is 0 Å². The van der Waals surface area contributed by atoms with Crippen LogP contribution in [0.15, 0.2) is 36.8 Å². The highest BCUT2D eigenvalue weighted by Gasteiger charge is 2.19. The van der Waals surface area contributed by atoms with Gasteiger partial charge in [0.05, 0.1) is 11.9 Å². The van der Waals surface area contributed by atoms with Crippen LogP contribution in [0.3, 0.4) is 0 Å². The number of rotatable bonds is 3. The molecule has 0 aliphatic rings. The van der Waals surface area contributed by atoms with Gasteiger partial charge in [-0.3, -0.25) is 9.67 Å². The largest absolute Gasteiger partial charge is 0.326 e. The van der Waals surface area contributed by atoms with Crippen LogP contribution >= 0.6 is 0 Å². The van der Waals surface area contributed by atoms with Gasteiger partial charge in [-0.15, -0.1) is 0 Å². The highest BCUT2D eigenvalue weighted by atomic mass is 15.3. The van der Waals surface area contributed by atoms with Crippen LogP contribution in [0, 0.1) is 6.92 Å². The van der Waals surface area contributed by atoms with Gasteiger partial charge in [0.15, 0.2) is 0 Å². The summed E-state index contributed by atoms with van der Waals surface area (Å²) in [5.74, 6) is 0. The van der Waals surface area contributed by atoms with Crippen LogP contribution < -0.4 is 5.73 Å². The van der Waals surface area contributed by atoms with Crippen molar-refractivity contribution < 1.29 is 0 Å². The van der Waals surface area contributed by atoms with Crippen molar-refractivity contribution in [3.05, 3.63) is 48.0 Å². The van der Waals surface area contributed by atoms with Gasteiger partial charge in [-0.05, 0) is 31.5 Å². The lowest BCUT2D eigenvalue weighted by Crippen LogP contribution is -2.31. The van der Waals surface area contributed by atoms with E-state index < -0.39 is 0 Å². The molecule has 2 unspecified atom stereocenters. The molecule has 2 rings (SSSR count). The molecule has 0 aromatic carbocycles. The standard InChI is InChI=1S/C12H16N4/c1-9-7-15-16(8-9)12(10(2)13)11-5-3-4-6-14-11/h3-8,10,12H,13H2,1-2H3. The van der Waals surface area contributed by atoms with Gasteiger partial charge in [-0.1, -0.05) is 6.07 Å². The molecule has 0 saturated heterocycles. The van der Waals surface area contributed by atoms with Crippen molar-refractivity contribution in [1.82, 2.24) is 14.8 Å². The lowest BCUT2D eigenvalue weighted by Gasteiger charge is -2.20. The van der Waals surface area contributed by atoms with E-state index in [0.717, 1.165) is 11.3 Å². The summed E-state index contributed by atoms with van der Waals surface area (Å²) >= 11 is 0. The first-order valence-electron chi connectivity index (χ1n) is 5.36. The maximum Gasteiger partial charge on any atom is 0.109 e. The van der Waals surface area contributed by atoms with E-state index in [2.05, 4.69) is 10.1 Å². The Morgan fingerprint density at radius 1 is 1.38 bits per heavy atom. The SMILES string of the molecule is Cc1cnn(C(c2ccccn2)C(C)N)c1. The third kappa shape index (κ3) is 2.12. The summed E-state index contributed by atoms with van der Waals surface area (Å²) in [7, 11) is 0. The number of nitrogens with two attached hydrogens (primary N) is 1. The first kappa shape index (κ1) is 10.8. The van der Waals surface area contributed by atoms with Crippen LogP contribution in [0.4, 0.5) is 0 Å². The molecule has 2 aromatic heterocycles. The van der Waals surface area contributed by atoms with Gasteiger partial charge in [0.2, 0.25) is 0 Å². The van der Waals surface area contributed by atoms with Crippen LogP contribution in [0.25, 0.3) is 0 Å². The van der Waals surface area contributed by atoms with Crippen LogP contribution in [0.2, 0.25) is 0 Å². The topological polar surface area (TPSA) is 56.7 Å². The van der Waals surface area contributed by atoms with E-state index in [1.807, 2.05) is 49.1 Å². The highest BCUT2D eigenvalue weighted by molar-refractivity contribution is 5.13. The molecule has 84 valence electrons. The zero-order valence-electron chi connectivity index (χ0n) is 9.54. The van der Waals surface area contributed by atoms with Crippen molar-refractivity contribution in [3.63, 3.8) is 0 Å². The van der Waals surface area contributed by atoms with E-state index in [4.69, 9.17) is 5.73 Å². The predicted octanol–water partition coefficient (Wildman–Crippen LogP) is 1.52. The van der Waals surface area contributed by atoms with Crippen molar-refractivity contribution in [2.45, 2.75) is 25.9 Å². The first-order valence-corrected chi connectivity index (χ1v) is 5.36. The molecule has 2 heterocycles. The Morgan fingerprint density at radius 3 is 2.69 bits per heavy atom. The quantitative estimate of drug-likeness (QED) is 0.846. The van der Waals surface area contributed by atoms with Crippen molar-refractivity contribution in [2.24, 2.45) is 5.73 Å². The molecular weight excluding hydrogens is 200 g/mol. The van der Waals surface area contributed by atoms with E-state index in [1.54, 1.807) is 6.20 Å². The van der Waals surface area contributed by atoms with E-state index >= 15 is 0 Å². The van der Waals surface area contributed by atoms with Gasteiger partial charge in [-0.25, -0.2) is 0 Å². The molecule has 2 aromatic rings. The second-order valence-electron chi connectivity index (χ2n) is 4.06. The van der Waals surface area contributed by atoms with E-state index in [-0.39, 0.29) is 12.1 Å². The van der Waals surface area contributed by atoms with Crippen LogP contribution in [-0.2, 0) is 0 Å². The molecule has 2 N–H and O–H groups in total. The molecule has 2 atom stereocenters. The zero-order valence-corrected chi connectivity index (χ0v) is 9.54. The normalized spacial score (nSPS) is 14.7. The average molecular weight is 216 g/mol. The van der Waals surface area contributed by atoms with Crippen LogP contribution in [0.1, 0.15) is 24.2 Å². The molecular formula is C12H16N4. The number of nitrogens with zero attached hydrogens (tertiary/aromatic N) is 3. The highest BCUT2D eigenvalue weighted by Crippen LogP contribution is 2.18. The summed E-state index contributed by atoms with van der Waals surface area (Å²) in [5.41, 5.74) is 8.08. The zero-order chi connectivity index (χ0) is 11.5. The van der Waals surface area contributed by atoms with Crippen molar-refractivity contribution >= 4 is 0 Å². The Balaban J connectivity index is 2.39. The van der Waals surface area contributed by atoms with Gasteiger partial charge >= 0.3 is 0 Å². The van der Waals surface area contributed by atoms with Gasteiger partial charge < -0.3 is 5.73 Å². The van der Waals surface area contributed by atoms with Gasteiger partial charge in [0.25, 0.3) is 0 Å². The monoisotopic (exact) mass is 216 g/mol. The molecule has 4 heteroatoms. The fourth-order valence-electron chi connectivity index (χ4n) is 1.78. The number of hydrogen-bond donors (Lipinski definition) is 1. The lowest BCUT2D eigenvalue weighted by molar-refractivity contribution is 0.444. The Hall–Kier alpha value is -1.68. The lowest BCUT2D eigenvalue weighted by atomic mass is 10.1. The average Bonchev–Trinajstić information content (AvgIpc) is 2.66. The maximum absolute atomic E-state index is 6.01. The van der Waals surface area contributed by atoms with Crippen LogP contribution in [-0.4, -0.2) is 20.8 Å². The Bertz CT molecular complexity index is 447. The fraction of sp³-hybridized carbons (Fsp3) is 0.333. The number of pyridine rings is 1. The number of aryl methyl sites for hydroxylation is 1. The van der Waals surface area contributed by atoms with Gasteiger partial charge in [0, 0.05) is 18.4 Å². The molecule has 0 fully saturated rings. The smallest absolute Gasteiger partial charge is 0.109 e. The molecule has 0 saturated carbocycles. The summed E-state index contributed by atoms with van der Waals surface area (Å²) in [6, 6.07) is 5.80. The Morgan fingerprint density at radius 2 is 2.19 bits per heavy atom. The summed E-state index contributed by atoms with van der Waals surface area (Å²) < 4.78 is 1.88. The molecule has 0 aliphatic carbocycles. The summed E-state index contributed by atoms with van der Waals surface area (Å²) in [5, 5.41) is 4.31. The molecule has 16 heavy (non-hydrogen) atoms. The Labute approximate surface area is 95.1 Å². The predicted molar refractivity (Wildman–Crippen MR) is 63.0 cm³/mol. The number of hydrogen-bond acceptors (Lipinski definition) is 3. The molecule has 0 bridgehead atoms. The molecule has 0 amide bonds. The minimum atomic E-state index is -0.0331. The van der Waals surface area contributed by atoms with E-state index in [9.17, 15) is 0 Å². The first-order chi connectivity index (χ1) is 7.68. The van der Waals surface area contributed by atoms with Gasteiger partial charge in [0.1, 0.15) is 6.04 Å². The van der Waals surface area contributed by atoms with Crippen molar-refractivity contribution in [1.29, 1.82) is 0 Å². The second-order valence-corrected chi connectivity index (χ2v) is 4.06. The second kappa shape index (κ2) is 4.45. The maximum atomic E-state index is 6.01.